The van der Waals surface area contributed by atoms with E-state index >= 15 is 0 Å². The Morgan fingerprint density at radius 3 is 2.48 bits per heavy atom. The van der Waals surface area contributed by atoms with Gasteiger partial charge in [0.25, 0.3) is 10.0 Å². The number of hydrogen-bond donors (Lipinski definition) is 1. The Morgan fingerprint density at radius 1 is 1.15 bits per heavy atom. The maximum atomic E-state index is 12.9. The summed E-state index contributed by atoms with van der Waals surface area (Å²) in [6, 6.07) is 13.1. The molecule has 0 aliphatic heterocycles. The first-order chi connectivity index (χ1) is 15.8. The van der Waals surface area contributed by atoms with Crippen LogP contribution in [0.15, 0.2) is 59.8 Å². The van der Waals surface area contributed by atoms with Crippen LogP contribution in [0, 0.1) is 5.92 Å². The van der Waals surface area contributed by atoms with Gasteiger partial charge in [-0.05, 0) is 54.0 Å². The van der Waals surface area contributed by atoms with E-state index in [1.807, 2.05) is 47.4 Å². The SMILES string of the molecule is COC(=O)NS(=O)(=O)c1ccc(CC(C)C)cc1-c1ccc(Cn2ccnc2C2CC2)cc1. The second-order valence-corrected chi connectivity index (χ2v) is 10.6. The summed E-state index contributed by atoms with van der Waals surface area (Å²) >= 11 is 0. The van der Waals surface area contributed by atoms with Gasteiger partial charge in [0.15, 0.2) is 0 Å². The van der Waals surface area contributed by atoms with Gasteiger partial charge in [-0.2, -0.15) is 0 Å². The summed E-state index contributed by atoms with van der Waals surface area (Å²) in [7, 11) is -2.96. The quantitative estimate of drug-likeness (QED) is 0.518. The van der Waals surface area contributed by atoms with Crippen molar-refractivity contribution in [3.63, 3.8) is 0 Å². The lowest BCUT2D eigenvalue weighted by Gasteiger charge is -2.15. The molecular formula is C25H29N3O4S. The molecule has 1 heterocycles. The molecule has 8 heteroatoms. The van der Waals surface area contributed by atoms with Crippen molar-refractivity contribution in [2.75, 3.05) is 7.11 Å². The molecule has 0 atom stereocenters. The number of ether oxygens (including phenoxy) is 1. The molecule has 1 amide bonds. The molecule has 1 saturated carbocycles. The molecule has 174 valence electrons. The van der Waals surface area contributed by atoms with Gasteiger partial charge in [0.1, 0.15) is 5.82 Å². The lowest BCUT2D eigenvalue weighted by Crippen LogP contribution is -2.30. The van der Waals surface area contributed by atoms with E-state index in [1.165, 1.54) is 12.8 Å². The molecule has 1 aliphatic carbocycles. The number of amides is 1. The van der Waals surface area contributed by atoms with Crippen LogP contribution < -0.4 is 4.72 Å². The van der Waals surface area contributed by atoms with Gasteiger partial charge < -0.3 is 9.30 Å². The first-order valence-electron chi connectivity index (χ1n) is 11.1. The third kappa shape index (κ3) is 5.45. The molecular weight excluding hydrogens is 438 g/mol. The number of carbonyl (C=O) groups is 1. The van der Waals surface area contributed by atoms with Crippen LogP contribution in [0.4, 0.5) is 4.79 Å². The van der Waals surface area contributed by atoms with Gasteiger partial charge in [0.2, 0.25) is 0 Å². The highest BCUT2D eigenvalue weighted by atomic mass is 32.2. The number of methoxy groups -OCH3 is 1. The van der Waals surface area contributed by atoms with Crippen molar-refractivity contribution in [2.24, 2.45) is 5.92 Å². The highest BCUT2D eigenvalue weighted by Crippen LogP contribution is 2.39. The maximum Gasteiger partial charge on any atom is 0.420 e. The van der Waals surface area contributed by atoms with Crippen LogP contribution in [0.25, 0.3) is 11.1 Å². The van der Waals surface area contributed by atoms with E-state index in [2.05, 4.69) is 28.1 Å². The third-order valence-corrected chi connectivity index (χ3v) is 7.06. The highest BCUT2D eigenvalue weighted by Gasteiger charge is 2.28. The standard InChI is InChI=1S/C25H29N3O4S/c1-17(2)14-19-6-11-23(33(30,31)27-25(29)32-3)22(15-19)20-7-4-18(5-8-20)16-28-13-12-26-24(28)21-9-10-21/h4-8,11-13,15,17,21H,9-10,14,16H2,1-3H3,(H,27,29). The topological polar surface area (TPSA) is 90.3 Å². The molecule has 33 heavy (non-hydrogen) atoms. The Hall–Kier alpha value is -3.13. The molecule has 1 fully saturated rings. The Morgan fingerprint density at radius 2 is 1.85 bits per heavy atom. The smallest absolute Gasteiger partial charge is 0.420 e. The van der Waals surface area contributed by atoms with Gasteiger partial charge in [-0.25, -0.2) is 22.9 Å². The minimum Gasteiger partial charge on any atom is -0.452 e. The van der Waals surface area contributed by atoms with Crippen molar-refractivity contribution in [1.29, 1.82) is 0 Å². The molecule has 0 bridgehead atoms. The van der Waals surface area contributed by atoms with Crippen molar-refractivity contribution in [2.45, 2.75) is 50.5 Å². The Kier molecular flexibility index (Phi) is 6.56. The largest absolute Gasteiger partial charge is 0.452 e. The maximum absolute atomic E-state index is 12.9. The zero-order chi connectivity index (χ0) is 23.6. The van der Waals surface area contributed by atoms with Crippen LogP contribution in [0.5, 0.6) is 0 Å². The zero-order valence-corrected chi connectivity index (χ0v) is 19.9. The molecule has 0 unspecified atom stereocenters. The zero-order valence-electron chi connectivity index (χ0n) is 19.1. The molecule has 2 aromatic carbocycles. The minimum absolute atomic E-state index is 0.0405. The van der Waals surface area contributed by atoms with Crippen LogP contribution in [0.1, 0.15) is 49.6 Å². The van der Waals surface area contributed by atoms with Crippen LogP contribution in [-0.4, -0.2) is 31.2 Å². The van der Waals surface area contributed by atoms with Crippen LogP contribution >= 0.6 is 0 Å². The molecule has 0 saturated heterocycles. The van der Waals surface area contributed by atoms with E-state index in [1.54, 1.807) is 12.1 Å². The Bertz CT molecular complexity index is 1240. The first-order valence-corrected chi connectivity index (χ1v) is 12.6. The molecule has 0 radical (unpaired) electrons. The number of rotatable bonds is 8. The number of nitrogens with zero attached hydrogens (tertiary/aromatic N) is 2. The summed E-state index contributed by atoms with van der Waals surface area (Å²) in [5.74, 6) is 2.12. The summed E-state index contributed by atoms with van der Waals surface area (Å²) in [4.78, 5) is 16.2. The lowest BCUT2D eigenvalue weighted by atomic mass is 9.97. The monoisotopic (exact) mass is 467 g/mol. The summed E-state index contributed by atoms with van der Waals surface area (Å²) in [6.07, 6.45) is 6.03. The van der Waals surface area contributed by atoms with E-state index in [-0.39, 0.29) is 4.90 Å². The Balaban J connectivity index is 1.66. The molecule has 1 aliphatic rings. The van der Waals surface area contributed by atoms with E-state index in [9.17, 15) is 13.2 Å². The Labute approximate surface area is 194 Å². The van der Waals surface area contributed by atoms with Crippen LogP contribution in [-0.2, 0) is 27.7 Å². The average Bonchev–Trinajstić information content (AvgIpc) is 3.52. The number of hydrogen-bond acceptors (Lipinski definition) is 5. The second kappa shape index (κ2) is 9.39. The predicted octanol–water partition coefficient (Wildman–Crippen LogP) is 4.72. The summed E-state index contributed by atoms with van der Waals surface area (Å²) in [5.41, 5.74) is 3.46. The van der Waals surface area contributed by atoms with Gasteiger partial charge in [-0.1, -0.05) is 44.2 Å². The lowest BCUT2D eigenvalue weighted by molar-refractivity contribution is 0.177. The molecule has 1 N–H and O–H groups in total. The summed E-state index contributed by atoms with van der Waals surface area (Å²) < 4.78 is 34.4. The van der Waals surface area contributed by atoms with E-state index < -0.39 is 16.1 Å². The fourth-order valence-corrected chi connectivity index (χ4v) is 5.11. The van der Waals surface area contributed by atoms with Crippen LogP contribution in [0.3, 0.4) is 0 Å². The highest BCUT2D eigenvalue weighted by molar-refractivity contribution is 7.90. The van der Waals surface area contributed by atoms with Crippen LogP contribution in [0.2, 0.25) is 0 Å². The van der Waals surface area contributed by atoms with E-state index in [0.29, 0.717) is 23.9 Å². The molecule has 1 aromatic heterocycles. The van der Waals surface area contributed by atoms with Gasteiger partial charge in [-0.15, -0.1) is 0 Å². The minimum atomic E-state index is -4.09. The fourth-order valence-electron chi connectivity index (χ4n) is 3.98. The molecule has 3 aromatic rings. The van der Waals surface area contributed by atoms with Crippen molar-refractivity contribution < 1.29 is 17.9 Å². The second-order valence-electron chi connectivity index (χ2n) is 8.91. The van der Waals surface area contributed by atoms with Crippen molar-refractivity contribution in [3.8, 4) is 11.1 Å². The number of sulfonamides is 1. The molecule has 7 nitrogen and oxygen atoms in total. The first kappa shape index (κ1) is 23.0. The number of benzene rings is 2. The third-order valence-electron chi connectivity index (χ3n) is 5.69. The summed E-state index contributed by atoms with van der Waals surface area (Å²) in [5, 5.41) is 0. The molecule has 0 spiro atoms. The predicted molar refractivity (Wildman–Crippen MR) is 126 cm³/mol. The number of aromatic nitrogens is 2. The normalized spacial score (nSPS) is 13.8. The van der Waals surface area contributed by atoms with E-state index in [0.717, 1.165) is 36.0 Å². The number of nitrogens with one attached hydrogen (secondary N) is 1. The van der Waals surface area contributed by atoms with Crippen molar-refractivity contribution >= 4 is 16.1 Å². The van der Waals surface area contributed by atoms with Gasteiger partial charge in [-0.3, -0.25) is 0 Å². The van der Waals surface area contributed by atoms with Gasteiger partial charge >= 0.3 is 6.09 Å². The number of imidazole rings is 1. The molecule has 4 rings (SSSR count). The fraction of sp³-hybridized carbons (Fsp3) is 0.360. The van der Waals surface area contributed by atoms with E-state index in [4.69, 9.17) is 0 Å². The average molecular weight is 468 g/mol. The number of carbonyl (C=O) groups excluding carboxylic acids is 1. The van der Waals surface area contributed by atoms with Crippen molar-refractivity contribution in [1.82, 2.24) is 14.3 Å². The van der Waals surface area contributed by atoms with Crippen molar-refractivity contribution in [3.05, 3.63) is 71.8 Å². The van der Waals surface area contributed by atoms with Gasteiger partial charge in [0.05, 0.1) is 12.0 Å². The van der Waals surface area contributed by atoms with Gasteiger partial charge in [0, 0.05) is 30.4 Å². The summed E-state index contributed by atoms with van der Waals surface area (Å²) in [6.45, 7) is 4.95.